The van der Waals surface area contributed by atoms with E-state index >= 15 is 0 Å². The van der Waals surface area contributed by atoms with Crippen LogP contribution in [0.15, 0.2) is 42.5 Å². The Morgan fingerprint density at radius 2 is 1.86 bits per heavy atom. The van der Waals surface area contributed by atoms with E-state index in [1.165, 1.54) is 19.2 Å². The average molecular weight is 505 g/mol. The minimum atomic E-state index is -4.49. The lowest BCUT2D eigenvalue weighted by Crippen LogP contribution is -3.14. The number of rotatable bonds is 5. The number of halogens is 3. The Kier molecular flexibility index (Phi) is 6.85. The summed E-state index contributed by atoms with van der Waals surface area (Å²) in [5.74, 6) is -0.883. The van der Waals surface area contributed by atoms with Crippen LogP contribution in [-0.2, 0) is 28.4 Å². The highest BCUT2D eigenvalue weighted by atomic mass is 19.4. The third-order valence-electron chi connectivity index (χ3n) is 6.92. The maximum absolute atomic E-state index is 13.1. The summed E-state index contributed by atoms with van der Waals surface area (Å²) in [6, 6.07) is 10.5. The normalized spacial score (nSPS) is 20.4. The number of esters is 1. The fourth-order valence-electron chi connectivity index (χ4n) is 4.90. The fourth-order valence-corrected chi connectivity index (χ4v) is 4.90. The lowest BCUT2D eigenvalue weighted by Gasteiger charge is -2.36. The van der Waals surface area contributed by atoms with Crippen LogP contribution in [0.1, 0.15) is 40.0 Å². The average Bonchev–Trinajstić information content (AvgIpc) is 3.10. The first-order chi connectivity index (χ1) is 16.9. The summed E-state index contributed by atoms with van der Waals surface area (Å²) in [7, 11) is 3.00. The minimum absolute atomic E-state index is 0.0848. The van der Waals surface area contributed by atoms with Gasteiger partial charge < -0.3 is 24.6 Å². The molecule has 0 atom stereocenters. The second-order valence-electron chi connectivity index (χ2n) is 9.38. The fraction of sp³-hybridized carbons (Fsp3) is 0.385. The molecule has 7 nitrogen and oxygen atoms in total. The summed E-state index contributed by atoms with van der Waals surface area (Å²) < 4.78 is 45.9. The molecule has 1 amide bonds. The number of ether oxygens (including phenoxy) is 1. The van der Waals surface area contributed by atoms with Crippen LogP contribution in [0.25, 0.3) is 10.9 Å². The summed E-state index contributed by atoms with van der Waals surface area (Å²) in [6.07, 6.45) is -4.05. The number of hydrogen-bond acceptors (Lipinski definition) is 4. The number of aliphatic hydroxyl groups is 1. The molecule has 1 aliphatic rings. The molecule has 10 heteroatoms. The van der Waals surface area contributed by atoms with Gasteiger partial charge in [-0.15, -0.1) is 0 Å². The predicted octanol–water partition coefficient (Wildman–Crippen LogP) is 2.80. The lowest BCUT2D eigenvalue weighted by atomic mass is 9.83. The van der Waals surface area contributed by atoms with Crippen LogP contribution in [-0.4, -0.2) is 48.3 Å². The number of aryl methyl sites for hydroxylation is 2. The molecule has 3 aromatic rings. The van der Waals surface area contributed by atoms with Crippen LogP contribution >= 0.6 is 0 Å². The number of amides is 1. The van der Waals surface area contributed by atoms with Crippen molar-refractivity contribution in [1.29, 1.82) is 0 Å². The summed E-state index contributed by atoms with van der Waals surface area (Å²) in [5.41, 5.74) is 0.406. The van der Waals surface area contributed by atoms with Crippen molar-refractivity contribution in [1.82, 2.24) is 4.57 Å². The molecule has 3 N–H and O–H groups in total. The largest absolute Gasteiger partial charge is 0.464 e. The van der Waals surface area contributed by atoms with Gasteiger partial charge in [0, 0.05) is 25.3 Å². The number of likely N-dealkylation sites (tertiary alicyclic amines) is 1. The molecule has 0 spiro atoms. The monoisotopic (exact) mass is 504 g/mol. The Balaban J connectivity index is 1.47. The number of benzene rings is 2. The van der Waals surface area contributed by atoms with Gasteiger partial charge in [0.05, 0.1) is 37.0 Å². The lowest BCUT2D eigenvalue weighted by molar-refractivity contribution is -0.899. The molecule has 0 bridgehead atoms. The van der Waals surface area contributed by atoms with Crippen LogP contribution < -0.4 is 10.2 Å². The Morgan fingerprint density at radius 1 is 1.17 bits per heavy atom. The van der Waals surface area contributed by atoms with Crippen LogP contribution in [0.5, 0.6) is 0 Å². The molecule has 192 valence electrons. The molecular weight excluding hydrogens is 475 g/mol. The number of hydrogen-bond donors (Lipinski definition) is 3. The van der Waals surface area contributed by atoms with Crippen molar-refractivity contribution in [3.8, 4) is 0 Å². The van der Waals surface area contributed by atoms with E-state index in [2.05, 4.69) is 5.32 Å². The molecule has 0 unspecified atom stereocenters. The molecule has 2 aromatic carbocycles. The molecule has 0 radical (unpaired) electrons. The van der Waals surface area contributed by atoms with Crippen molar-refractivity contribution in [2.24, 2.45) is 7.05 Å². The molecule has 2 heterocycles. The molecule has 4 rings (SSSR count). The number of nitrogens with zero attached hydrogens (tertiary/aromatic N) is 1. The standard InChI is InChI=1S/C26H28F3N3O4/c1-16-7-8-20-19(13-16)22(23(31(20)2)24(34)36-3)30-21(33)15-32-11-9-25(35,10-12-32)17-5-4-6-18(14-17)26(27,28)29/h4-8,13-14,35H,9-12,15H2,1-3H3,(H,30,33)/p+1. The van der Waals surface area contributed by atoms with Crippen LogP contribution in [0.3, 0.4) is 0 Å². The number of carbonyl (C=O) groups is 2. The number of fused-ring (bicyclic) bond motifs is 1. The Labute approximate surface area is 206 Å². The van der Waals surface area contributed by atoms with E-state index in [-0.39, 0.29) is 36.6 Å². The summed E-state index contributed by atoms with van der Waals surface area (Å²) in [6.45, 7) is 2.80. The van der Waals surface area contributed by atoms with Gasteiger partial charge in [0.2, 0.25) is 0 Å². The highest BCUT2D eigenvalue weighted by Gasteiger charge is 2.39. The zero-order valence-corrected chi connectivity index (χ0v) is 20.3. The predicted molar refractivity (Wildman–Crippen MR) is 128 cm³/mol. The van der Waals surface area contributed by atoms with Gasteiger partial charge >= 0.3 is 12.1 Å². The number of piperidine rings is 1. The number of anilines is 1. The second-order valence-corrected chi connectivity index (χ2v) is 9.38. The number of alkyl halides is 3. The van der Waals surface area contributed by atoms with Crippen molar-refractivity contribution in [3.05, 3.63) is 64.8 Å². The maximum Gasteiger partial charge on any atom is 0.416 e. The zero-order chi connectivity index (χ0) is 26.3. The molecule has 0 aliphatic carbocycles. The summed E-state index contributed by atoms with van der Waals surface area (Å²) in [4.78, 5) is 26.4. The molecule has 1 aromatic heterocycles. The molecule has 1 fully saturated rings. The number of aromatic nitrogens is 1. The summed E-state index contributed by atoms with van der Waals surface area (Å²) in [5, 5.41) is 14.6. The van der Waals surface area contributed by atoms with E-state index in [9.17, 15) is 27.9 Å². The van der Waals surface area contributed by atoms with Gasteiger partial charge in [0.15, 0.2) is 12.2 Å². The molecule has 36 heavy (non-hydrogen) atoms. The maximum atomic E-state index is 13.1. The van der Waals surface area contributed by atoms with E-state index in [0.29, 0.717) is 18.8 Å². The number of nitrogens with one attached hydrogen (secondary N) is 2. The van der Waals surface area contributed by atoms with Gasteiger partial charge in [0.25, 0.3) is 5.91 Å². The van der Waals surface area contributed by atoms with Crippen molar-refractivity contribution in [2.75, 3.05) is 32.1 Å². The molecule has 1 aliphatic heterocycles. The highest BCUT2D eigenvalue weighted by Crippen LogP contribution is 2.35. The molecule has 1 saturated heterocycles. The van der Waals surface area contributed by atoms with Gasteiger partial charge in [-0.3, -0.25) is 4.79 Å². The van der Waals surface area contributed by atoms with Crippen LogP contribution in [0.4, 0.5) is 18.9 Å². The van der Waals surface area contributed by atoms with Crippen molar-refractivity contribution in [3.63, 3.8) is 0 Å². The quantitative estimate of drug-likeness (QED) is 0.467. The molecular formula is C26H29F3N3O4+. The third kappa shape index (κ3) is 4.96. The first kappa shape index (κ1) is 25.7. The second kappa shape index (κ2) is 9.59. The topological polar surface area (TPSA) is 85.0 Å². The Hall–Kier alpha value is -3.37. The van der Waals surface area contributed by atoms with E-state index in [1.54, 1.807) is 11.6 Å². The SMILES string of the molecule is COC(=O)c1c(NC(=O)C[NH+]2CCC(O)(c3cccc(C(F)(F)F)c3)CC2)c2cc(C)ccc2n1C. The highest BCUT2D eigenvalue weighted by molar-refractivity contribution is 6.11. The Bertz CT molecular complexity index is 1310. The first-order valence-corrected chi connectivity index (χ1v) is 11.6. The number of quaternary nitrogens is 1. The van der Waals surface area contributed by atoms with Crippen molar-refractivity contribution >= 4 is 28.5 Å². The van der Waals surface area contributed by atoms with E-state index in [1.807, 2.05) is 25.1 Å². The van der Waals surface area contributed by atoms with Gasteiger partial charge in [-0.2, -0.15) is 13.2 Å². The van der Waals surface area contributed by atoms with Crippen LogP contribution in [0, 0.1) is 6.92 Å². The number of methoxy groups -OCH3 is 1. The van der Waals surface area contributed by atoms with E-state index < -0.39 is 23.3 Å². The zero-order valence-electron chi connectivity index (χ0n) is 20.3. The van der Waals surface area contributed by atoms with Gasteiger partial charge in [-0.1, -0.05) is 23.8 Å². The minimum Gasteiger partial charge on any atom is -0.464 e. The van der Waals surface area contributed by atoms with Crippen molar-refractivity contribution < 1.29 is 37.5 Å². The van der Waals surface area contributed by atoms with E-state index in [4.69, 9.17) is 4.74 Å². The van der Waals surface area contributed by atoms with Gasteiger partial charge in [-0.05, 0) is 36.8 Å². The Morgan fingerprint density at radius 3 is 2.50 bits per heavy atom. The summed E-state index contributed by atoms with van der Waals surface area (Å²) >= 11 is 0. The number of carbonyl (C=O) groups excluding carboxylic acids is 2. The van der Waals surface area contributed by atoms with Crippen LogP contribution in [0.2, 0.25) is 0 Å². The molecule has 0 saturated carbocycles. The third-order valence-corrected chi connectivity index (χ3v) is 6.92. The van der Waals surface area contributed by atoms with Gasteiger partial charge in [-0.25, -0.2) is 4.79 Å². The van der Waals surface area contributed by atoms with E-state index in [0.717, 1.165) is 33.5 Å². The van der Waals surface area contributed by atoms with Gasteiger partial charge in [0.1, 0.15) is 5.60 Å². The smallest absolute Gasteiger partial charge is 0.416 e. The van der Waals surface area contributed by atoms with Crippen molar-refractivity contribution in [2.45, 2.75) is 31.5 Å². The first-order valence-electron chi connectivity index (χ1n) is 11.6.